The van der Waals surface area contributed by atoms with Crippen LogP contribution < -0.4 is 0 Å². The minimum atomic E-state index is -0.0594. The highest BCUT2D eigenvalue weighted by Gasteiger charge is 2.11. The van der Waals surface area contributed by atoms with Crippen molar-refractivity contribution < 1.29 is 4.79 Å². The van der Waals surface area contributed by atoms with E-state index in [9.17, 15) is 4.79 Å². The Morgan fingerprint density at radius 1 is 1.12 bits per heavy atom. The van der Waals surface area contributed by atoms with Crippen molar-refractivity contribution in [1.82, 2.24) is 15.0 Å². The van der Waals surface area contributed by atoms with Gasteiger partial charge in [0, 0.05) is 6.92 Å². The van der Waals surface area contributed by atoms with Crippen molar-refractivity contribution in [3.05, 3.63) is 41.2 Å². The smallest absolute Gasteiger partial charge is 0.181 e. The predicted octanol–water partition coefficient (Wildman–Crippen LogP) is 2.09. The molecule has 4 nitrogen and oxygen atoms in total. The van der Waals surface area contributed by atoms with Gasteiger partial charge in [0.1, 0.15) is 0 Å². The lowest BCUT2D eigenvalue weighted by atomic mass is 10.2. The summed E-state index contributed by atoms with van der Waals surface area (Å²) in [5, 5.41) is 8.38. The van der Waals surface area contributed by atoms with Crippen LogP contribution in [-0.2, 0) is 0 Å². The molecule has 0 saturated carbocycles. The number of aryl methyl sites for hydroxylation is 2. The van der Waals surface area contributed by atoms with Crippen molar-refractivity contribution in [2.24, 2.45) is 0 Å². The molecular formula is C12H13N3O. The summed E-state index contributed by atoms with van der Waals surface area (Å²) in [5.41, 5.74) is 3.13. The molecule has 0 spiro atoms. The Hall–Kier alpha value is -1.97. The zero-order valence-corrected chi connectivity index (χ0v) is 9.56. The van der Waals surface area contributed by atoms with E-state index in [1.54, 1.807) is 6.92 Å². The second kappa shape index (κ2) is 3.89. The van der Waals surface area contributed by atoms with Gasteiger partial charge < -0.3 is 0 Å². The van der Waals surface area contributed by atoms with E-state index in [0.717, 1.165) is 5.69 Å². The van der Waals surface area contributed by atoms with E-state index < -0.39 is 0 Å². The summed E-state index contributed by atoms with van der Waals surface area (Å²) < 4.78 is 0. The first-order valence-corrected chi connectivity index (χ1v) is 5.10. The number of nitrogens with zero attached hydrogens (tertiary/aromatic N) is 3. The van der Waals surface area contributed by atoms with E-state index in [1.165, 1.54) is 17.3 Å². The van der Waals surface area contributed by atoms with Crippen molar-refractivity contribution in [2.45, 2.75) is 20.8 Å². The number of rotatable bonds is 2. The number of aromatic nitrogens is 3. The zero-order valence-electron chi connectivity index (χ0n) is 9.56. The molecular weight excluding hydrogens is 202 g/mol. The molecule has 0 bridgehead atoms. The van der Waals surface area contributed by atoms with Gasteiger partial charge in [0.25, 0.3) is 0 Å². The van der Waals surface area contributed by atoms with E-state index in [-0.39, 0.29) is 5.78 Å². The number of carbonyl (C=O) groups is 1. The fourth-order valence-corrected chi connectivity index (χ4v) is 1.50. The maximum atomic E-state index is 11.2. The van der Waals surface area contributed by atoms with Crippen LogP contribution in [0.3, 0.4) is 0 Å². The first kappa shape index (κ1) is 10.5. The highest BCUT2D eigenvalue weighted by Crippen LogP contribution is 2.09. The van der Waals surface area contributed by atoms with Gasteiger partial charge in [-0.05, 0) is 26.0 Å². The molecule has 4 heteroatoms. The van der Waals surface area contributed by atoms with Crippen LogP contribution in [0.2, 0.25) is 0 Å². The minimum absolute atomic E-state index is 0.0594. The summed E-state index contributed by atoms with van der Waals surface area (Å²) in [6.45, 7) is 5.30. The van der Waals surface area contributed by atoms with Crippen molar-refractivity contribution in [3.63, 3.8) is 0 Å². The molecule has 0 atom stereocenters. The molecule has 0 aliphatic carbocycles. The summed E-state index contributed by atoms with van der Waals surface area (Å²) in [5.74, 6) is -0.0594. The van der Waals surface area contributed by atoms with Gasteiger partial charge in [-0.3, -0.25) is 4.79 Å². The maximum absolute atomic E-state index is 11.2. The summed E-state index contributed by atoms with van der Waals surface area (Å²) in [6, 6.07) is 7.83. The van der Waals surface area contributed by atoms with Gasteiger partial charge in [0.15, 0.2) is 11.5 Å². The lowest BCUT2D eigenvalue weighted by Gasteiger charge is -1.98. The Kier molecular flexibility index (Phi) is 2.56. The van der Waals surface area contributed by atoms with Crippen molar-refractivity contribution in [3.8, 4) is 5.69 Å². The van der Waals surface area contributed by atoms with Crippen molar-refractivity contribution in [1.29, 1.82) is 0 Å². The molecule has 16 heavy (non-hydrogen) atoms. The highest BCUT2D eigenvalue weighted by molar-refractivity contribution is 5.92. The van der Waals surface area contributed by atoms with Crippen LogP contribution in [-0.4, -0.2) is 20.8 Å². The molecule has 0 N–H and O–H groups in total. The van der Waals surface area contributed by atoms with Gasteiger partial charge in [-0.25, -0.2) is 0 Å². The standard InChI is InChI=1S/C12H13N3O/c1-8-4-6-11(7-5-8)15-13-9(2)12(14-15)10(3)16/h4-7H,1-3H3. The monoisotopic (exact) mass is 215 g/mol. The maximum Gasteiger partial charge on any atom is 0.181 e. The third-order valence-corrected chi connectivity index (χ3v) is 2.38. The van der Waals surface area contributed by atoms with Crippen molar-refractivity contribution in [2.75, 3.05) is 0 Å². The van der Waals surface area contributed by atoms with Gasteiger partial charge in [0.2, 0.25) is 0 Å². The third-order valence-electron chi connectivity index (χ3n) is 2.38. The van der Waals surface area contributed by atoms with E-state index in [0.29, 0.717) is 11.4 Å². The fraction of sp³-hybridized carbons (Fsp3) is 0.250. The summed E-state index contributed by atoms with van der Waals surface area (Å²) >= 11 is 0. The van der Waals surface area contributed by atoms with Crippen LogP contribution in [0.4, 0.5) is 0 Å². The Morgan fingerprint density at radius 2 is 1.75 bits per heavy atom. The first-order chi connectivity index (χ1) is 7.58. The van der Waals surface area contributed by atoms with Crippen molar-refractivity contribution >= 4 is 5.78 Å². The molecule has 2 rings (SSSR count). The molecule has 82 valence electrons. The summed E-state index contributed by atoms with van der Waals surface area (Å²) in [4.78, 5) is 12.7. The first-order valence-electron chi connectivity index (χ1n) is 5.10. The fourth-order valence-electron chi connectivity index (χ4n) is 1.50. The van der Waals surface area contributed by atoms with Gasteiger partial charge in [-0.1, -0.05) is 17.7 Å². The molecule has 0 fully saturated rings. The zero-order chi connectivity index (χ0) is 11.7. The topological polar surface area (TPSA) is 47.8 Å². The average molecular weight is 215 g/mol. The number of hydrogen-bond donors (Lipinski definition) is 0. The Morgan fingerprint density at radius 3 is 2.25 bits per heavy atom. The van der Waals surface area contributed by atoms with Crippen LogP contribution in [0.15, 0.2) is 24.3 Å². The normalized spacial score (nSPS) is 10.4. The number of carbonyl (C=O) groups excluding carboxylic acids is 1. The summed E-state index contributed by atoms with van der Waals surface area (Å²) in [7, 11) is 0. The molecule has 1 aromatic carbocycles. The van der Waals surface area contributed by atoms with Gasteiger partial charge in [0.05, 0.1) is 11.4 Å². The highest BCUT2D eigenvalue weighted by atomic mass is 16.1. The van der Waals surface area contributed by atoms with E-state index in [2.05, 4.69) is 10.2 Å². The second-order valence-electron chi connectivity index (χ2n) is 3.82. The van der Waals surface area contributed by atoms with E-state index >= 15 is 0 Å². The Labute approximate surface area is 93.9 Å². The molecule has 0 aliphatic heterocycles. The number of Topliss-reactive ketones (excluding diaryl/α,β-unsaturated/α-hetero) is 1. The predicted molar refractivity (Wildman–Crippen MR) is 60.8 cm³/mol. The quantitative estimate of drug-likeness (QED) is 0.721. The van der Waals surface area contributed by atoms with E-state index in [1.807, 2.05) is 31.2 Å². The van der Waals surface area contributed by atoms with Crippen LogP contribution in [0.5, 0.6) is 0 Å². The molecule has 0 unspecified atom stereocenters. The third kappa shape index (κ3) is 1.86. The average Bonchev–Trinajstić information content (AvgIpc) is 2.61. The molecule has 1 aromatic heterocycles. The largest absolute Gasteiger partial charge is 0.293 e. The molecule has 2 aromatic rings. The number of hydrogen-bond acceptors (Lipinski definition) is 3. The van der Waals surface area contributed by atoms with Crippen LogP contribution in [0.1, 0.15) is 28.7 Å². The van der Waals surface area contributed by atoms with Gasteiger partial charge >= 0.3 is 0 Å². The SMILES string of the molecule is CC(=O)c1nn(-c2ccc(C)cc2)nc1C. The molecule has 1 heterocycles. The van der Waals surface area contributed by atoms with Crippen LogP contribution >= 0.6 is 0 Å². The Bertz CT molecular complexity index is 526. The van der Waals surface area contributed by atoms with Gasteiger partial charge in [-0.15, -0.1) is 5.10 Å². The summed E-state index contributed by atoms with van der Waals surface area (Å²) in [6.07, 6.45) is 0. The number of ketones is 1. The van der Waals surface area contributed by atoms with Crippen LogP contribution in [0, 0.1) is 13.8 Å². The van der Waals surface area contributed by atoms with Gasteiger partial charge in [-0.2, -0.15) is 9.90 Å². The molecule has 0 radical (unpaired) electrons. The Balaban J connectivity index is 2.45. The lowest BCUT2D eigenvalue weighted by molar-refractivity contribution is 0.101. The molecule has 0 aliphatic rings. The van der Waals surface area contributed by atoms with Crippen LogP contribution in [0.25, 0.3) is 5.69 Å². The second-order valence-corrected chi connectivity index (χ2v) is 3.82. The number of benzene rings is 1. The lowest BCUT2D eigenvalue weighted by Crippen LogP contribution is -2.00. The molecule has 0 saturated heterocycles. The van der Waals surface area contributed by atoms with E-state index in [4.69, 9.17) is 0 Å². The molecule has 0 amide bonds. The minimum Gasteiger partial charge on any atom is -0.293 e.